The molecule has 12 nitrogen and oxygen atoms in total. The molecule has 0 saturated heterocycles. The Bertz CT molecular complexity index is 2980. The molecule has 0 saturated carbocycles. The van der Waals surface area contributed by atoms with Crippen LogP contribution in [0.2, 0.25) is 0 Å². The number of nitrogens with zero attached hydrogens (tertiary/aromatic N) is 10. The van der Waals surface area contributed by atoms with Crippen LogP contribution in [0.25, 0.3) is 35.7 Å². The van der Waals surface area contributed by atoms with Crippen LogP contribution in [-0.4, -0.2) is 71.1 Å². The second kappa shape index (κ2) is 18.7. The molecule has 2 aliphatic rings. The first-order valence-electron chi connectivity index (χ1n) is 21.7. The molecular weight excluding hydrogens is 887 g/mol. The van der Waals surface area contributed by atoms with Gasteiger partial charge in [0.1, 0.15) is 11.6 Å². The minimum absolute atomic E-state index is 0.119. The SMILES string of the molecule is Cc1cn(-c2ccc(/C=C/c3nc4n(n3)CC[C@@H](O)[C@@H]4c3cc(F)c(F)c(F)c3)cc2C)cn1.Cc1cn(-c2ccc(/C=C/c3nc4n(n3)CC[C@H](O)[C@H]4c3cc(F)c(F)c(F)c3)cc2C)cn1. The fourth-order valence-corrected chi connectivity index (χ4v) is 8.71. The molecule has 4 aromatic carbocycles. The van der Waals surface area contributed by atoms with Crippen molar-refractivity contribution < 1.29 is 36.6 Å². The van der Waals surface area contributed by atoms with Crippen LogP contribution in [0.3, 0.4) is 0 Å². The van der Waals surface area contributed by atoms with E-state index in [-0.39, 0.29) is 11.1 Å². The number of hydrogen-bond donors (Lipinski definition) is 2. The van der Waals surface area contributed by atoms with Gasteiger partial charge in [0, 0.05) is 36.9 Å². The van der Waals surface area contributed by atoms with E-state index in [1.807, 2.05) is 97.8 Å². The summed E-state index contributed by atoms with van der Waals surface area (Å²) in [5.41, 5.74) is 8.21. The molecule has 4 aromatic heterocycles. The summed E-state index contributed by atoms with van der Waals surface area (Å²) in [5, 5.41) is 30.0. The Morgan fingerprint density at radius 1 is 0.529 bits per heavy atom. The van der Waals surface area contributed by atoms with Crippen molar-refractivity contribution in [2.45, 2.75) is 77.7 Å². The highest BCUT2D eigenvalue weighted by atomic mass is 19.2. The maximum atomic E-state index is 13.8. The predicted octanol–water partition coefficient (Wildman–Crippen LogP) is 9.13. The standard InChI is InChI=1S/2C25H22F3N5O/c2*1-14-9-16(3-5-20(14)32-12-15(2)29-13-32)4-6-22-30-25-23(21(34)7-8-33(25)31-22)17-10-18(26)24(28)19(27)11-17/h2*3-6,9-13,21,23,34H,7-8H2,1-2H3/b2*6-4+/t2*21-,23+/m10/s1. The minimum atomic E-state index is -1.54. The third-order valence-corrected chi connectivity index (χ3v) is 12.0. The van der Waals surface area contributed by atoms with E-state index >= 15 is 0 Å². The Morgan fingerprint density at radius 2 is 0.912 bits per heavy atom. The zero-order chi connectivity index (χ0) is 48.0. The summed E-state index contributed by atoms with van der Waals surface area (Å²) in [6.45, 7) is 8.74. The Labute approximate surface area is 386 Å². The summed E-state index contributed by atoms with van der Waals surface area (Å²) < 4.78 is 89.3. The van der Waals surface area contributed by atoms with Crippen LogP contribution in [0.4, 0.5) is 26.3 Å². The van der Waals surface area contributed by atoms with Gasteiger partial charge < -0.3 is 19.3 Å². The van der Waals surface area contributed by atoms with Crippen molar-refractivity contribution in [3.63, 3.8) is 0 Å². The van der Waals surface area contributed by atoms with Gasteiger partial charge in [0.15, 0.2) is 46.6 Å². The van der Waals surface area contributed by atoms with Gasteiger partial charge in [0.2, 0.25) is 0 Å². The molecule has 10 rings (SSSR count). The summed E-state index contributed by atoms with van der Waals surface area (Å²) in [4.78, 5) is 17.5. The second-order valence-electron chi connectivity index (χ2n) is 17.0. The lowest BCUT2D eigenvalue weighted by atomic mass is 9.88. The maximum Gasteiger partial charge on any atom is 0.194 e. The number of aliphatic hydroxyl groups excluding tert-OH is 2. The van der Waals surface area contributed by atoms with Crippen LogP contribution >= 0.6 is 0 Å². The first kappa shape index (κ1) is 45.7. The monoisotopic (exact) mass is 930 g/mol. The first-order valence-corrected chi connectivity index (χ1v) is 21.7. The van der Waals surface area contributed by atoms with Gasteiger partial charge in [-0.1, -0.05) is 24.3 Å². The molecule has 0 unspecified atom stereocenters. The molecule has 68 heavy (non-hydrogen) atoms. The normalized spacial score (nSPS) is 17.9. The fraction of sp³-hybridized carbons (Fsp3) is 0.240. The average molecular weight is 931 g/mol. The molecule has 8 aromatic rings. The topological polar surface area (TPSA) is 138 Å². The third-order valence-electron chi connectivity index (χ3n) is 12.0. The fourth-order valence-electron chi connectivity index (χ4n) is 8.71. The zero-order valence-electron chi connectivity index (χ0n) is 37.2. The number of fused-ring (bicyclic) bond motifs is 2. The molecule has 18 heteroatoms. The Morgan fingerprint density at radius 3 is 1.25 bits per heavy atom. The summed E-state index contributed by atoms with van der Waals surface area (Å²) in [5.74, 6) is -8.34. The number of benzene rings is 4. The number of aliphatic hydroxyl groups is 2. The van der Waals surface area contributed by atoms with Crippen molar-refractivity contribution in [2.75, 3.05) is 0 Å². The Kier molecular flexibility index (Phi) is 12.6. The smallest absolute Gasteiger partial charge is 0.194 e. The van der Waals surface area contributed by atoms with Crippen molar-refractivity contribution in [2.24, 2.45) is 0 Å². The first-order chi connectivity index (χ1) is 32.6. The van der Waals surface area contributed by atoms with Gasteiger partial charge in [-0.15, -0.1) is 0 Å². The molecule has 348 valence electrons. The largest absolute Gasteiger partial charge is 0.392 e. The molecule has 6 heterocycles. The third kappa shape index (κ3) is 9.28. The zero-order valence-corrected chi connectivity index (χ0v) is 37.2. The number of hydrogen-bond acceptors (Lipinski definition) is 8. The Balaban J connectivity index is 0.000000170. The van der Waals surface area contributed by atoms with Crippen LogP contribution < -0.4 is 0 Å². The lowest BCUT2D eigenvalue weighted by Crippen LogP contribution is -2.30. The number of aromatic nitrogens is 10. The molecule has 0 radical (unpaired) electrons. The molecular formula is C50H44F6N10O2. The second-order valence-corrected chi connectivity index (χ2v) is 17.0. The number of rotatable bonds is 8. The van der Waals surface area contributed by atoms with Crippen LogP contribution in [0.15, 0.2) is 85.7 Å². The predicted molar refractivity (Wildman–Crippen MR) is 242 cm³/mol. The van der Waals surface area contributed by atoms with Gasteiger partial charge in [-0.3, -0.25) is 0 Å². The lowest BCUT2D eigenvalue weighted by Gasteiger charge is -2.27. The highest BCUT2D eigenvalue weighted by Gasteiger charge is 2.35. The van der Waals surface area contributed by atoms with Crippen molar-refractivity contribution in [1.82, 2.24) is 48.6 Å². The molecule has 0 aliphatic carbocycles. The highest BCUT2D eigenvalue weighted by molar-refractivity contribution is 5.69. The van der Waals surface area contributed by atoms with Gasteiger partial charge in [0.25, 0.3) is 0 Å². The van der Waals surface area contributed by atoms with E-state index in [9.17, 15) is 36.6 Å². The minimum Gasteiger partial charge on any atom is -0.392 e. The van der Waals surface area contributed by atoms with E-state index < -0.39 is 58.9 Å². The van der Waals surface area contributed by atoms with Crippen molar-refractivity contribution in [3.05, 3.63) is 189 Å². The summed E-state index contributed by atoms with van der Waals surface area (Å²) >= 11 is 0. The average Bonchev–Trinajstić information content (AvgIpc) is 4.13. The highest BCUT2D eigenvalue weighted by Crippen LogP contribution is 2.36. The molecule has 0 bridgehead atoms. The van der Waals surface area contributed by atoms with E-state index in [1.165, 1.54) is 0 Å². The van der Waals surface area contributed by atoms with Crippen LogP contribution in [-0.2, 0) is 13.1 Å². The van der Waals surface area contributed by atoms with Gasteiger partial charge in [0.05, 0.1) is 48.1 Å². The maximum absolute atomic E-state index is 13.8. The molecule has 0 fully saturated rings. The quantitative estimate of drug-likeness (QED) is 0.114. The van der Waals surface area contributed by atoms with E-state index in [4.69, 9.17) is 0 Å². The van der Waals surface area contributed by atoms with Gasteiger partial charge in [-0.05, 0) is 135 Å². The Hall–Kier alpha value is -7.44. The van der Waals surface area contributed by atoms with E-state index in [2.05, 4.69) is 30.1 Å². The van der Waals surface area contributed by atoms with Crippen LogP contribution in [0.5, 0.6) is 0 Å². The summed E-state index contributed by atoms with van der Waals surface area (Å²) in [7, 11) is 0. The van der Waals surface area contributed by atoms with E-state index in [1.54, 1.807) is 34.2 Å². The van der Waals surface area contributed by atoms with Crippen molar-refractivity contribution >= 4 is 24.3 Å². The van der Waals surface area contributed by atoms with Crippen molar-refractivity contribution in [3.8, 4) is 11.4 Å². The number of aryl methyl sites for hydroxylation is 6. The number of halogens is 6. The number of imidazole rings is 2. The van der Waals surface area contributed by atoms with Crippen LogP contribution in [0.1, 0.15) is 92.7 Å². The van der Waals surface area contributed by atoms with E-state index in [0.717, 1.165) is 69.3 Å². The van der Waals surface area contributed by atoms with Crippen molar-refractivity contribution in [1.29, 1.82) is 0 Å². The molecule has 0 amide bonds. The van der Waals surface area contributed by atoms with E-state index in [0.29, 0.717) is 49.2 Å². The lowest BCUT2D eigenvalue weighted by molar-refractivity contribution is 0.118. The van der Waals surface area contributed by atoms with Gasteiger partial charge >= 0.3 is 0 Å². The van der Waals surface area contributed by atoms with Gasteiger partial charge in [-0.2, -0.15) is 10.2 Å². The molecule has 0 spiro atoms. The summed E-state index contributed by atoms with van der Waals surface area (Å²) in [6, 6.07) is 15.6. The molecule has 2 N–H and O–H groups in total. The van der Waals surface area contributed by atoms with Gasteiger partial charge in [-0.25, -0.2) is 55.6 Å². The molecule has 4 atom stereocenters. The van der Waals surface area contributed by atoms with Crippen LogP contribution in [0, 0.1) is 62.6 Å². The summed E-state index contributed by atoms with van der Waals surface area (Å²) in [6.07, 6.45) is 13.5. The molecule has 2 aliphatic heterocycles.